The van der Waals surface area contributed by atoms with Crippen LogP contribution in [0.1, 0.15) is 39.5 Å². The highest BCUT2D eigenvalue weighted by Gasteiger charge is 2.16. The van der Waals surface area contributed by atoms with Crippen LogP contribution in [0.5, 0.6) is 0 Å². The minimum Gasteiger partial charge on any atom is -0.368 e. The monoisotopic (exact) mass is 267 g/mol. The first-order valence-electron chi connectivity index (χ1n) is 6.62. The minimum absolute atomic E-state index is 0.330. The number of nitrogen functional groups attached to an aromatic ring is 1. The molecule has 0 aromatic carbocycles. The first-order chi connectivity index (χ1) is 8.69. The number of piperidine rings is 1. The van der Waals surface area contributed by atoms with Crippen molar-refractivity contribution in [2.45, 2.75) is 49.9 Å². The van der Waals surface area contributed by atoms with E-state index >= 15 is 0 Å². The standard InChI is InChI=1S/C12H21N5S/c1-3-9(2)18-12-15-10(13)14-11(16-12)17-7-5-4-6-8-17/h9H,3-8H2,1-2H3,(H2,13,14,15,16). The SMILES string of the molecule is CCC(C)Sc1nc(N)nc(N2CCCCC2)n1. The van der Waals surface area contributed by atoms with E-state index in [0.717, 1.165) is 30.6 Å². The molecule has 1 aliphatic heterocycles. The molecule has 0 spiro atoms. The van der Waals surface area contributed by atoms with Crippen molar-refractivity contribution in [1.82, 2.24) is 15.0 Å². The first-order valence-corrected chi connectivity index (χ1v) is 7.50. The van der Waals surface area contributed by atoms with Crippen molar-refractivity contribution in [2.75, 3.05) is 23.7 Å². The zero-order valence-corrected chi connectivity index (χ0v) is 11.9. The van der Waals surface area contributed by atoms with Crippen LogP contribution in [0, 0.1) is 0 Å². The van der Waals surface area contributed by atoms with Crippen LogP contribution in [-0.2, 0) is 0 Å². The summed E-state index contributed by atoms with van der Waals surface area (Å²) in [7, 11) is 0. The van der Waals surface area contributed by atoms with Crippen molar-refractivity contribution in [2.24, 2.45) is 0 Å². The van der Waals surface area contributed by atoms with Gasteiger partial charge in [0.1, 0.15) is 0 Å². The van der Waals surface area contributed by atoms with Gasteiger partial charge < -0.3 is 10.6 Å². The summed E-state index contributed by atoms with van der Waals surface area (Å²) < 4.78 is 0. The van der Waals surface area contributed by atoms with Gasteiger partial charge >= 0.3 is 0 Å². The van der Waals surface area contributed by atoms with E-state index in [-0.39, 0.29) is 0 Å². The molecule has 0 bridgehead atoms. The molecule has 100 valence electrons. The Balaban J connectivity index is 2.14. The Morgan fingerprint density at radius 1 is 1.22 bits per heavy atom. The van der Waals surface area contributed by atoms with Crippen molar-refractivity contribution in [3.05, 3.63) is 0 Å². The lowest BCUT2D eigenvalue weighted by Gasteiger charge is -2.26. The van der Waals surface area contributed by atoms with Gasteiger partial charge in [-0.1, -0.05) is 25.6 Å². The maximum absolute atomic E-state index is 5.78. The Kier molecular flexibility index (Phi) is 4.63. The first kappa shape index (κ1) is 13.4. The van der Waals surface area contributed by atoms with Crippen molar-refractivity contribution >= 4 is 23.7 Å². The van der Waals surface area contributed by atoms with Crippen molar-refractivity contribution in [3.63, 3.8) is 0 Å². The third-order valence-electron chi connectivity index (χ3n) is 3.14. The molecule has 0 aliphatic carbocycles. The molecule has 0 amide bonds. The molecular weight excluding hydrogens is 246 g/mol. The average molecular weight is 267 g/mol. The summed E-state index contributed by atoms with van der Waals surface area (Å²) in [6.45, 7) is 6.38. The fraction of sp³-hybridized carbons (Fsp3) is 0.750. The summed E-state index contributed by atoms with van der Waals surface area (Å²) in [5.41, 5.74) is 5.78. The molecule has 1 saturated heterocycles. The van der Waals surface area contributed by atoms with E-state index in [9.17, 15) is 0 Å². The van der Waals surface area contributed by atoms with Crippen LogP contribution in [0.3, 0.4) is 0 Å². The third kappa shape index (κ3) is 3.48. The number of hydrogen-bond acceptors (Lipinski definition) is 6. The molecule has 1 aromatic rings. The lowest BCUT2D eigenvalue weighted by atomic mass is 10.1. The molecule has 0 radical (unpaired) electrons. The van der Waals surface area contributed by atoms with Crippen LogP contribution in [-0.4, -0.2) is 33.3 Å². The van der Waals surface area contributed by atoms with Gasteiger partial charge in [-0.2, -0.15) is 15.0 Å². The van der Waals surface area contributed by atoms with Crippen molar-refractivity contribution < 1.29 is 0 Å². The largest absolute Gasteiger partial charge is 0.368 e. The van der Waals surface area contributed by atoms with E-state index < -0.39 is 0 Å². The van der Waals surface area contributed by atoms with Crippen LogP contribution in [0.15, 0.2) is 5.16 Å². The molecule has 2 rings (SSSR count). The fourth-order valence-corrected chi connectivity index (χ4v) is 2.72. The van der Waals surface area contributed by atoms with E-state index in [1.54, 1.807) is 11.8 Å². The van der Waals surface area contributed by atoms with Gasteiger partial charge in [0, 0.05) is 18.3 Å². The Morgan fingerprint density at radius 2 is 1.94 bits per heavy atom. The van der Waals surface area contributed by atoms with Gasteiger partial charge in [-0.15, -0.1) is 0 Å². The Hall–Kier alpha value is -1.04. The van der Waals surface area contributed by atoms with Crippen molar-refractivity contribution in [1.29, 1.82) is 0 Å². The summed E-state index contributed by atoms with van der Waals surface area (Å²) in [4.78, 5) is 15.2. The molecule has 2 N–H and O–H groups in total. The van der Waals surface area contributed by atoms with E-state index in [2.05, 4.69) is 33.7 Å². The van der Waals surface area contributed by atoms with Gasteiger partial charge in [0.05, 0.1) is 0 Å². The molecule has 18 heavy (non-hydrogen) atoms. The number of anilines is 2. The highest BCUT2D eigenvalue weighted by molar-refractivity contribution is 7.99. The second-order valence-corrected chi connectivity index (χ2v) is 6.07. The fourth-order valence-electron chi connectivity index (χ4n) is 1.91. The highest BCUT2D eigenvalue weighted by atomic mass is 32.2. The molecule has 1 unspecified atom stereocenters. The number of nitrogens with two attached hydrogens (primary N) is 1. The molecule has 1 fully saturated rings. The summed E-state index contributed by atoms with van der Waals surface area (Å²) in [5.74, 6) is 1.07. The normalized spacial score (nSPS) is 17.8. The molecular formula is C12H21N5S. The number of rotatable bonds is 4. The second kappa shape index (κ2) is 6.22. The minimum atomic E-state index is 0.330. The van der Waals surface area contributed by atoms with Gasteiger partial charge in [-0.3, -0.25) is 0 Å². The van der Waals surface area contributed by atoms with Crippen LogP contribution >= 0.6 is 11.8 Å². The number of aromatic nitrogens is 3. The zero-order valence-electron chi connectivity index (χ0n) is 11.1. The van der Waals surface area contributed by atoms with Crippen LogP contribution in [0.2, 0.25) is 0 Å². The molecule has 1 atom stereocenters. The Labute approximate surface area is 113 Å². The van der Waals surface area contributed by atoms with Gasteiger partial charge in [0.2, 0.25) is 11.9 Å². The van der Waals surface area contributed by atoms with Crippen LogP contribution in [0.25, 0.3) is 0 Å². The number of thioether (sulfide) groups is 1. The molecule has 2 heterocycles. The average Bonchev–Trinajstić information content (AvgIpc) is 2.39. The van der Waals surface area contributed by atoms with Crippen LogP contribution < -0.4 is 10.6 Å². The summed E-state index contributed by atoms with van der Waals surface area (Å²) in [6.07, 6.45) is 4.81. The quantitative estimate of drug-likeness (QED) is 0.844. The van der Waals surface area contributed by atoms with E-state index in [1.165, 1.54) is 19.3 Å². The maximum atomic E-state index is 5.78. The predicted octanol–water partition coefficient (Wildman–Crippen LogP) is 2.33. The van der Waals surface area contributed by atoms with Gasteiger partial charge in [-0.05, 0) is 25.7 Å². The Morgan fingerprint density at radius 3 is 2.61 bits per heavy atom. The lowest BCUT2D eigenvalue weighted by Crippen LogP contribution is -2.31. The number of nitrogens with zero attached hydrogens (tertiary/aromatic N) is 4. The molecule has 0 saturated carbocycles. The summed E-state index contributed by atoms with van der Waals surface area (Å²) in [5, 5.41) is 1.25. The van der Waals surface area contributed by atoms with Gasteiger partial charge in [-0.25, -0.2) is 0 Å². The van der Waals surface area contributed by atoms with Gasteiger partial charge in [0.15, 0.2) is 5.16 Å². The lowest BCUT2D eigenvalue weighted by molar-refractivity contribution is 0.565. The molecule has 1 aromatic heterocycles. The second-order valence-electron chi connectivity index (χ2n) is 4.66. The molecule has 5 nitrogen and oxygen atoms in total. The summed E-state index contributed by atoms with van der Waals surface area (Å²) in [6, 6.07) is 0. The van der Waals surface area contributed by atoms with Gasteiger partial charge in [0.25, 0.3) is 0 Å². The highest BCUT2D eigenvalue weighted by Crippen LogP contribution is 2.24. The number of hydrogen-bond donors (Lipinski definition) is 1. The third-order valence-corrected chi connectivity index (χ3v) is 4.27. The molecule has 6 heteroatoms. The van der Waals surface area contributed by atoms with E-state index in [0.29, 0.717) is 11.2 Å². The summed E-state index contributed by atoms with van der Waals surface area (Å²) >= 11 is 1.67. The van der Waals surface area contributed by atoms with Crippen molar-refractivity contribution in [3.8, 4) is 0 Å². The zero-order chi connectivity index (χ0) is 13.0. The molecule has 1 aliphatic rings. The maximum Gasteiger partial charge on any atom is 0.231 e. The van der Waals surface area contributed by atoms with E-state index in [4.69, 9.17) is 5.73 Å². The smallest absolute Gasteiger partial charge is 0.231 e. The van der Waals surface area contributed by atoms with Crippen LogP contribution in [0.4, 0.5) is 11.9 Å². The van der Waals surface area contributed by atoms with E-state index in [1.807, 2.05) is 0 Å². The predicted molar refractivity (Wildman–Crippen MR) is 75.9 cm³/mol. The topological polar surface area (TPSA) is 67.9 Å². The Bertz CT molecular complexity index is 392.